The molecule has 7 heteroatoms. The summed E-state index contributed by atoms with van der Waals surface area (Å²) in [5.74, 6) is -0.664. The average Bonchev–Trinajstić information content (AvgIpc) is 2.39. The molecule has 3 rings (SSSR count). The number of nitrogens with zero attached hydrogens (tertiary/aromatic N) is 2. The van der Waals surface area contributed by atoms with E-state index in [4.69, 9.17) is 5.73 Å². The number of nitro benzene ring substituents is 1. The number of nitrogens with two attached hydrogens (primary N) is 1. The third-order valence-electron chi connectivity index (χ3n) is 3.54. The first-order valence-electron chi connectivity index (χ1n) is 6.30. The highest BCUT2D eigenvalue weighted by atomic mass is 19.1. The SMILES string of the molecule is NC1CC(Nc2c(F)cc([N+](=O)[O-])c3cccnc23)C1. The lowest BCUT2D eigenvalue weighted by Crippen LogP contribution is -2.44. The van der Waals surface area contributed by atoms with Gasteiger partial charge in [-0.15, -0.1) is 0 Å². The van der Waals surface area contributed by atoms with Gasteiger partial charge in [-0.25, -0.2) is 4.39 Å². The first-order chi connectivity index (χ1) is 9.56. The van der Waals surface area contributed by atoms with Crippen LogP contribution in [0.2, 0.25) is 0 Å². The standard InChI is InChI=1S/C13H13FN4O2/c14-10-6-11(18(19)20)9-2-1-3-16-12(9)13(10)17-8-4-7(15)5-8/h1-3,6-8,17H,4-5,15H2. The van der Waals surface area contributed by atoms with Crippen molar-refractivity contribution in [2.75, 3.05) is 5.32 Å². The van der Waals surface area contributed by atoms with E-state index in [1.54, 1.807) is 12.1 Å². The largest absolute Gasteiger partial charge is 0.378 e. The number of aromatic nitrogens is 1. The van der Waals surface area contributed by atoms with Crippen molar-refractivity contribution in [2.24, 2.45) is 5.73 Å². The number of halogens is 1. The summed E-state index contributed by atoms with van der Waals surface area (Å²) in [5.41, 5.74) is 5.91. The molecule has 2 aromatic rings. The van der Waals surface area contributed by atoms with Gasteiger partial charge in [0.15, 0.2) is 5.82 Å². The van der Waals surface area contributed by atoms with Gasteiger partial charge < -0.3 is 11.1 Å². The Labute approximate surface area is 113 Å². The number of rotatable bonds is 3. The lowest BCUT2D eigenvalue weighted by Gasteiger charge is -2.34. The van der Waals surface area contributed by atoms with E-state index in [0.717, 1.165) is 18.9 Å². The molecule has 6 nitrogen and oxygen atoms in total. The molecule has 1 aliphatic carbocycles. The summed E-state index contributed by atoms with van der Waals surface area (Å²) in [4.78, 5) is 14.5. The monoisotopic (exact) mass is 276 g/mol. The Bertz CT molecular complexity index is 685. The van der Waals surface area contributed by atoms with Crippen LogP contribution in [0.3, 0.4) is 0 Å². The van der Waals surface area contributed by atoms with Crippen LogP contribution in [0, 0.1) is 15.9 Å². The van der Waals surface area contributed by atoms with Crippen molar-refractivity contribution in [3.63, 3.8) is 0 Å². The van der Waals surface area contributed by atoms with Crippen LogP contribution in [0.5, 0.6) is 0 Å². The molecular weight excluding hydrogens is 263 g/mol. The molecule has 0 amide bonds. The van der Waals surface area contributed by atoms with Crippen LogP contribution in [-0.4, -0.2) is 22.0 Å². The molecule has 0 aliphatic heterocycles. The fraction of sp³-hybridized carbons (Fsp3) is 0.308. The van der Waals surface area contributed by atoms with Gasteiger partial charge in [-0.1, -0.05) is 0 Å². The van der Waals surface area contributed by atoms with Crippen LogP contribution in [0.25, 0.3) is 10.9 Å². The number of non-ortho nitro benzene ring substituents is 1. The molecule has 1 saturated carbocycles. The molecule has 0 saturated heterocycles. The smallest absolute Gasteiger partial charge is 0.281 e. The highest BCUT2D eigenvalue weighted by Gasteiger charge is 2.28. The van der Waals surface area contributed by atoms with E-state index < -0.39 is 10.7 Å². The molecule has 0 radical (unpaired) electrons. The minimum absolute atomic E-state index is 0.0890. The van der Waals surface area contributed by atoms with Gasteiger partial charge >= 0.3 is 0 Å². The van der Waals surface area contributed by atoms with E-state index in [1.165, 1.54) is 6.20 Å². The lowest BCUT2D eigenvalue weighted by molar-refractivity contribution is -0.383. The van der Waals surface area contributed by atoms with E-state index in [0.29, 0.717) is 5.39 Å². The van der Waals surface area contributed by atoms with E-state index in [9.17, 15) is 14.5 Å². The second kappa shape index (κ2) is 4.68. The fourth-order valence-electron chi connectivity index (χ4n) is 2.47. The molecule has 0 atom stereocenters. The molecule has 1 fully saturated rings. The Hall–Kier alpha value is -2.28. The molecule has 104 valence electrons. The quantitative estimate of drug-likeness (QED) is 0.662. The molecular formula is C13H13FN4O2. The molecule has 1 aromatic heterocycles. The van der Waals surface area contributed by atoms with Crippen molar-refractivity contribution in [3.8, 4) is 0 Å². The van der Waals surface area contributed by atoms with Crippen LogP contribution < -0.4 is 11.1 Å². The zero-order valence-corrected chi connectivity index (χ0v) is 10.5. The van der Waals surface area contributed by atoms with Crippen LogP contribution in [0.1, 0.15) is 12.8 Å². The van der Waals surface area contributed by atoms with Crippen LogP contribution >= 0.6 is 0 Å². The van der Waals surface area contributed by atoms with E-state index >= 15 is 0 Å². The van der Waals surface area contributed by atoms with E-state index in [-0.39, 0.29) is 29.0 Å². The second-order valence-corrected chi connectivity index (χ2v) is 4.98. The van der Waals surface area contributed by atoms with Gasteiger partial charge in [-0.05, 0) is 25.0 Å². The minimum atomic E-state index is -0.664. The number of nitro groups is 1. The molecule has 1 aromatic carbocycles. The molecule has 0 unspecified atom stereocenters. The predicted molar refractivity (Wildman–Crippen MR) is 73.0 cm³/mol. The van der Waals surface area contributed by atoms with Crippen LogP contribution in [-0.2, 0) is 0 Å². The molecule has 1 heterocycles. The number of pyridine rings is 1. The number of hydrogen-bond acceptors (Lipinski definition) is 5. The topological polar surface area (TPSA) is 94.1 Å². The molecule has 1 aliphatic rings. The Balaban J connectivity index is 2.10. The maximum absolute atomic E-state index is 14.1. The molecule has 0 bridgehead atoms. The predicted octanol–water partition coefficient (Wildman–Crippen LogP) is 2.18. The van der Waals surface area contributed by atoms with Crippen LogP contribution in [0.4, 0.5) is 15.8 Å². The molecule has 20 heavy (non-hydrogen) atoms. The number of benzene rings is 1. The van der Waals surface area contributed by atoms with Crippen molar-refractivity contribution >= 4 is 22.3 Å². The number of anilines is 1. The normalized spacial score (nSPS) is 21.5. The maximum atomic E-state index is 14.1. The van der Waals surface area contributed by atoms with Gasteiger partial charge in [0.25, 0.3) is 5.69 Å². The summed E-state index contributed by atoms with van der Waals surface area (Å²) in [5, 5.41) is 14.4. The Kier molecular flexibility index (Phi) is 2.98. The summed E-state index contributed by atoms with van der Waals surface area (Å²) < 4.78 is 14.1. The fourth-order valence-corrected chi connectivity index (χ4v) is 2.47. The van der Waals surface area contributed by atoms with Crippen molar-refractivity contribution in [1.29, 1.82) is 0 Å². The van der Waals surface area contributed by atoms with E-state index in [2.05, 4.69) is 10.3 Å². The Morgan fingerprint density at radius 1 is 1.50 bits per heavy atom. The van der Waals surface area contributed by atoms with Crippen molar-refractivity contribution in [3.05, 3.63) is 40.3 Å². The van der Waals surface area contributed by atoms with E-state index in [1.807, 2.05) is 0 Å². The third-order valence-corrected chi connectivity index (χ3v) is 3.54. The zero-order chi connectivity index (χ0) is 14.3. The maximum Gasteiger partial charge on any atom is 0.281 e. The Morgan fingerprint density at radius 3 is 2.90 bits per heavy atom. The first-order valence-corrected chi connectivity index (χ1v) is 6.30. The highest BCUT2D eigenvalue weighted by Crippen LogP contribution is 2.34. The van der Waals surface area contributed by atoms with Gasteiger partial charge in [0.2, 0.25) is 0 Å². The van der Waals surface area contributed by atoms with Gasteiger partial charge in [0.1, 0.15) is 5.52 Å². The summed E-state index contributed by atoms with van der Waals surface area (Å²) >= 11 is 0. The molecule has 3 N–H and O–H groups in total. The first kappa shape index (κ1) is 12.7. The molecule has 0 spiro atoms. The number of fused-ring (bicyclic) bond motifs is 1. The van der Waals surface area contributed by atoms with Crippen molar-refractivity contribution in [2.45, 2.75) is 24.9 Å². The summed E-state index contributed by atoms with van der Waals surface area (Å²) in [6, 6.07) is 4.32. The zero-order valence-electron chi connectivity index (χ0n) is 10.5. The Morgan fingerprint density at radius 2 is 2.25 bits per heavy atom. The second-order valence-electron chi connectivity index (χ2n) is 4.98. The van der Waals surface area contributed by atoms with Crippen LogP contribution in [0.15, 0.2) is 24.4 Å². The summed E-state index contributed by atoms with van der Waals surface area (Å²) in [7, 11) is 0. The van der Waals surface area contributed by atoms with Crippen molar-refractivity contribution in [1.82, 2.24) is 4.98 Å². The number of nitrogens with one attached hydrogen (secondary N) is 1. The average molecular weight is 276 g/mol. The van der Waals surface area contributed by atoms with Gasteiger partial charge in [-0.2, -0.15) is 0 Å². The summed E-state index contributed by atoms with van der Waals surface area (Å²) in [6.07, 6.45) is 3.00. The third kappa shape index (κ3) is 2.05. The van der Waals surface area contributed by atoms with Crippen molar-refractivity contribution < 1.29 is 9.31 Å². The lowest BCUT2D eigenvalue weighted by atomic mass is 9.87. The summed E-state index contributed by atoms with van der Waals surface area (Å²) in [6.45, 7) is 0. The van der Waals surface area contributed by atoms with Gasteiger partial charge in [0, 0.05) is 18.3 Å². The van der Waals surface area contributed by atoms with Gasteiger partial charge in [-0.3, -0.25) is 15.1 Å². The number of hydrogen-bond donors (Lipinski definition) is 2. The highest BCUT2D eigenvalue weighted by molar-refractivity contribution is 5.97. The minimum Gasteiger partial charge on any atom is -0.378 e. The van der Waals surface area contributed by atoms with Gasteiger partial charge in [0.05, 0.1) is 22.1 Å².